The summed E-state index contributed by atoms with van der Waals surface area (Å²) >= 11 is 0. The van der Waals surface area contributed by atoms with Crippen molar-refractivity contribution in [2.75, 3.05) is 20.1 Å². The molecule has 1 N–H and O–H groups in total. The van der Waals surface area contributed by atoms with E-state index in [-0.39, 0.29) is 0 Å². The fourth-order valence-electron chi connectivity index (χ4n) is 3.83. The van der Waals surface area contributed by atoms with Gasteiger partial charge in [-0.2, -0.15) is 0 Å². The van der Waals surface area contributed by atoms with Crippen LogP contribution < -0.4 is 5.32 Å². The number of nitrogens with one attached hydrogen (secondary N) is 1. The summed E-state index contributed by atoms with van der Waals surface area (Å²) < 4.78 is 0. The smallest absolute Gasteiger partial charge is 0.0224 e. The monoisotopic (exact) mass is 194 g/mol. The summed E-state index contributed by atoms with van der Waals surface area (Å²) in [6.45, 7) is 2.58. The SMILES string of the molecule is CNCC1CCCN1C1CCC2CC21. The van der Waals surface area contributed by atoms with Crippen molar-refractivity contribution < 1.29 is 0 Å². The molecule has 2 saturated carbocycles. The number of rotatable bonds is 3. The van der Waals surface area contributed by atoms with Crippen LogP contribution in [0.1, 0.15) is 32.1 Å². The van der Waals surface area contributed by atoms with Gasteiger partial charge >= 0.3 is 0 Å². The molecule has 0 aromatic rings. The molecular weight excluding hydrogens is 172 g/mol. The van der Waals surface area contributed by atoms with Gasteiger partial charge < -0.3 is 5.32 Å². The van der Waals surface area contributed by atoms with Crippen molar-refractivity contribution in [3.63, 3.8) is 0 Å². The Morgan fingerprint density at radius 2 is 2.21 bits per heavy atom. The lowest BCUT2D eigenvalue weighted by molar-refractivity contribution is 0.164. The van der Waals surface area contributed by atoms with E-state index in [0.717, 1.165) is 23.9 Å². The quantitative estimate of drug-likeness (QED) is 0.732. The van der Waals surface area contributed by atoms with Crippen LogP contribution >= 0.6 is 0 Å². The predicted molar refractivity (Wildman–Crippen MR) is 58.3 cm³/mol. The zero-order chi connectivity index (χ0) is 9.54. The van der Waals surface area contributed by atoms with Gasteiger partial charge in [-0.15, -0.1) is 0 Å². The van der Waals surface area contributed by atoms with Gasteiger partial charge in [0.05, 0.1) is 0 Å². The molecule has 1 aliphatic heterocycles. The Morgan fingerprint density at radius 3 is 2.86 bits per heavy atom. The molecule has 0 aromatic heterocycles. The molecule has 2 aliphatic carbocycles. The Labute approximate surface area is 87.0 Å². The minimum absolute atomic E-state index is 0.851. The molecule has 80 valence electrons. The van der Waals surface area contributed by atoms with Crippen molar-refractivity contribution in [2.24, 2.45) is 11.8 Å². The Hall–Kier alpha value is -0.0800. The van der Waals surface area contributed by atoms with Crippen LogP contribution in [-0.2, 0) is 0 Å². The van der Waals surface area contributed by atoms with Gasteiger partial charge in [-0.1, -0.05) is 0 Å². The van der Waals surface area contributed by atoms with E-state index < -0.39 is 0 Å². The molecule has 0 aromatic carbocycles. The third-order valence-electron chi connectivity index (χ3n) is 4.59. The van der Waals surface area contributed by atoms with Gasteiger partial charge in [-0.3, -0.25) is 4.90 Å². The van der Waals surface area contributed by atoms with E-state index in [9.17, 15) is 0 Å². The van der Waals surface area contributed by atoms with Crippen molar-refractivity contribution in [3.8, 4) is 0 Å². The molecular formula is C12H22N2. The van der Waals surface area contributed by atoms with E-state index >= 15 is 0 Å². The minimum Gasteiger partial charge on any atom is -0.318 e. The predicted octanol–water partition coefficient (Wildman–Crippen LogP) is 1.47. The minimum atomic E-state index is 0.851. The summed E-state index contributed by atoms with van der Waals surface area (Å²) in [4.78, 5) is 2.83. The van der Waals surface area contributed by atoms with E-state index in [4.69, 9.17) is 0 Å². The molecule has 2 heteroatoms. The van der Waals surface area contributed by atoms with Crippen LogP contribution in [0.25, 0.3) is 0 Å². The van der Waals surface area contributed by atoms with Crippen molar-refractivity contribution >= 4 is 0 Å². The summed E-state index contributed by atoms with van der Waals surface area (Å²) in [7, 11) is 2.09. The highest BCUT2D eigenvalue weighted by molar-refractivity contribution is 5.04. The highest BCUT2D eigenvalue weighted by Crippen LogP contribution is 2.54. The topological polar surface area (TPSA) is 15.3 Å². The van der Waals surface area contributed by atoms with Crippen LogP contribution in [0.3, 0.4) is 0 Å². The Bertz CT molecular complexity index is 216. The van der Waals surface area contributed by atoms with Crippen LogP contribution in [0.2, 0.25) is 0 Å². The maximum Gasteiger partial charge on any atom is 0.0224 e. The Balaban J connectivity index is 1.64. The van der Waals surface area contributed by atoms with E-state index in [1.54, 1.807) is 6.42 Å². The van der Waals surface area contributed by atoms with Crippen molar-refractivity contribution in [1.82, 2.24) is 10.2 Å². The Morgan fingerprint density at radius 1 is 1.29 bits per heavy atom. The first-order chi connectivity index (χ1) is 6.90. The number of likely N-dealkylation sites (N-methyl/N-ethyl adjacent to an activating group) is 1. The van der Waals surface area contributed by atoms with Gasteiger partial charge in [-0.25, -0.2) is 0 Å². The lowest BCUT2D eigenvalue weighted by Gasteiger charge is -2.31. The molecule has 0 radical (unpaired) electrons. The molecule has 3 fully saturated rings. The van der Waals surface area contributed by atoms with Crippen LogP contribution in [0.4, 0.5) is 0 Å². The third kappa shape index (κ3) is 1.40. The molecule has 14 heavy (non-hydrogen) atoms. The molecule has 1 saturated heterocycles. The summed E-state index contributed by atoms with van der Waals surface area (Å²) in [6.07, 6.45) is 7.43. The van der Waals surface area contributed by atoms with E-state index in [2.05, 4.69) is 17.3 Å². The third-order valence-corrected chi connectivity index (χ3v) is 4.59. The zero-order valence-corrected chi connectivity index (χ0v) is 9.21. The number of hydrogen-bond acceptors (Lipinski definition) is 2. The molecule has 3 aliphatic rings. The number of likely N-dealkylation sites (tertiary alicyclic amines) is 1. The second-order valence-electron chi connectivity index (χ2n) is 5.40. The number of fused-ring (bicyclic) bond motifs is 1. The lowest BCUT2D eigenvalue weighted by atomic mass is 10.1. The summed E-state index contributed by atoms with van der Waals surface area (Å²) in [6, 6.07) is 1.82. The molecule has 0 spiro atoms. The van der Waals surface area contributed by atoms with Crippen molar-refractivity contribution in [1.29, 1.82) is 0 Å². The van der Waals surface area contributed by atoms with Crippen molar-refractivity contribution in [3.05, 3.63) is 0 Å². The van der Waals surface area contributed by atoms with Gasteiger partial charge in [0, 0.05) is 18.6 Å². The van der Waals surface area contributed by atoms with Gasteiger partial charge in [0.15, 0.2) is 0 Å². The number of hydrogen-bond donors (Lipinski definition) is 1. The second kappa shape index (κ2) is 3.49. The molecule has 2 nitrogen and oxygen atoms in total. The maximum atomic E-state index is 3.35. The highest BCUT2D eigenvalue weighted by atomic mass is 15.2. The van der Waals surface area contributed by atoms with Gasteiger partial charge in [-0.05, 0) is 57.5 Å². The van der Waals surface area contributed by atoms with Gasteiger partial charge in [0.1, 0.15) is 0 Å². The number of nitrogens with zero attached hydrogens (tertiary/aromatic N) is 1. The average molecular weight is 194 g/mol. The van der Waals surface area contributed by atoms with E-state index in [1.807, 2.05) is 0 Å². The lowest BCUT2D eigenvalue weighted by Crippen LogP contribution is -2.43. The molecule has 4 atom stereocenters. The average Bonchev–Trinajstić information content (AvgIpc) is 2.64. The maximum absolute atomic E-state index is 3.35. The fraction of sp³-hybridized carbons (Fsp3) is 1.00. The first kappa shape index (κ1) is 9.17. The summed E-state index contributed by atoms with van der Waals surface area (Å²) in [5.41, 5.74) is 0. The van der Waals surface area contributed by atoms with Crippen LogP contribution in [0, 0.1) is 11.8 Å². The summed E-state index contributed by atoms with van der Waals surface area (Å²) in [5.74, 6) is 2.24. The molecule has 0 bridgehead atoms. The fourth-order valence-corrected chi connectivity index (χ4v) is 3.83. The first-order valence-corrected chi connectivity index (χ1v) is 6.30. The van der Waals surface area contributed by atoms with Crippen LogP contribution in [0.5, 0.6) is 0 Å². The van der Waals surface area contributed by atoms with Crippen LogP contribution in [0.15, 0.2) is 0 Å². The Kier molecular flexibility index (Phi) is 2.29. The largest absolute Gasteiger partial charge is 0.318 e. The van der Waals surface area contributed by atoms with Gasteiger partial charge in [0.2, 0.25) is 0 Å². The molecule has 0 amide bonds. The zero-order valence-electron chi connectivity index (χ0n) is 9.21. The normalized spacial score (nSPS) is 46.9. The first-order valence-electron chi connectivity index (χ1n) is 6.30. The van der Waals surface area contributed by atoms with Crippen LogP contribution in [-0.4, -0.2) is 37.1 Å². The van der Waals surface area contributed by atoms with Crippen molar-refractivity contribution in [2.45, 2.75) is 44.2 Å². The standard InChI is InChI=1S/C12H22N2/c1-13-8-10-3-2-6-14(10)12-5-4-9-7-11(9)12/h9-13H,2-8H2,1H3. The van der Waals surface area contributed by atoms with E-state index in [1.165, 1.54) is 38.8 Å². The van der Waals surface area contributed by atoms with Gasteiger partial charge in [0.25, 0.3) is 0 Å². The highest BCUT2D eigenvalue weighted by Gasteiger charge is 2.51. The second-order valence-corrected chi connectivity index (χ2v) is 5.40. The van der Waals surface area contributed by atoms with E-state index in [0.29, 0.717) is 0 Å². The molecule has 3 rings (SSSR count). The summed E-state index contributed by atoms with van der Waals surface area (Å²) in [5, 5.41) is 3.35. The molecule has 1 heterocycles. The molecule has 4 unspecified atom stereocenters.